The maximum atomic E-state index is 14.7. The van der Waals surface area contributed by atoms with Gasteiger partial charge in [0.1, 0.15) is 29.5 Å². The Hall–Kier alpha value is -7.93. The van der Waals surface area contributed by atoms with Gasteiger partial charge in [-0.15, -0.1) is 0 Å². The van der Waals surface area contributed by atoms with Crippen LogP contribution in [0.1, 0.15) is 66.5 Å². The zero-order valence-corrected chi connectivity index (χ0v) is 49.1. The van der Waals surface area contributed by atoms with Crippen LogP contribution in [0, 0.1) is 11.6 Å². The summed E-state index contributed by atoms with van der Waals surface area (Å²) in [5.74, 6) is -7.85. The minimum atomic E-state index is -1.23. The molecule has 2 heterocycles. The fraction of sp³-hybridized carbons (Fsp3) is 0.534. The number of phenols is 1. The molecule has 0 spiro atoms. The van der Waals surface area contributed by atoms with E-state index in [1.54, 1.807) is 21.6 Å². The molecule has 3 aromatic carbocycles. The van der Waals surface area contributed by atoms with Gasteiger partial charge in [-0.3, -0.25) is 68.4 Å². The van der Waals surface area contributed by atoms with Crippen molar-refractivity contribution in [2.75, 3.05) is 131 Å². The first-order valence-corrected chi connectivity index (χ1v) is 29.0. The number of phenolic OH excluding ortho intramolecular Hbond substituents is 1. The summed E-state index contributed by atoms with van der Waals surface area (Å²) in [6, 6.07) is 14.0. The number of aliphatic carboxylic acids is 3. The van der Waals surface area contributed by atoms with Gasteiger partial charge in [0.15, 0.2) is 5.96 Å². The highest BCUT2D eigenvalue weighted by Crippen LogP contribution is 2.32. The molecule has 12 N–H and O–H groups in total. The highest BCUT2D eigenvalue weighted by Gasteiger charge is 2.34. The lowest BCUT2D eigenvalue weighted by Crippen LogP contribution is -2.50. The van der Waals surface area contributed by atoms with Gasteiger partial charge in [-0.1, -0.05) is 55.5 Å². The lowest BCUT2D eigenvalue weighted by molar-refractivity contribution is -0.140. The molecule has 0 radical (unpaired) electrons. The number of carbonyl (C=O) groups is 8. The molecule has 0 aliphatic carbocycles. The molecular weight excluding hydrogens is 1140 g/mol. The summed E-state index contributed by atoms with van der Waals surface area (Å²) in [6.07, 6.45) is 1.77. The van der Waals surface area contributed by atoms with Crippen LogP contribution in [0.3, 0.4) is 0 Å². The zero-order valence-electron chi connectivity index (χ0n) is 49.1. The third-order valence-electron chi connectivity index (χ3n) is 14.3. The zero-order chi connectivity index (χ0) is 63.1. The third-order valence-corrected chi connectivity index (χ3v) is 14.3. The molecule has 6 amide bonds. The van der Waals surface area contributed by atoms with Crippen LogP contribution in [-0.2, 0) is 69.1 Å². The Morgan fingerprint density at radius 1 is 0.632 bits per heavy atom. The highest BCUT2D eigenvalue weighted by atomic mass is 19.1. The minimum Gasteiger partial charge on any atom is -0.508 e. The van der Waals surface area contributed by atoms with Gasteiger partial charge in [0.2, 0.25) is 23.6 Å². The first-order chi connectivity index (χ1) is 41.8. The summed E-state index contributed by atoms with van der Waals surface area (Å²) in [5.41, 5.74) is 9.12. The Kier molecular flexibility index (Phi) is 30.2. The van der Waals surface area contributed by atoms with Gasteiger partial charge in [0.05, 0.1) is 46.0 Å². The molecule has 0 aromatic heterocycles. The summed E-state index contributed by atoms with van der Waals surface area (Å²) in [6.45, 7) is 5.17. The molecule has 2 aliphatic heterocycles. The fourth-order valence-corrected chi connectivity index (χ4v) is 9.72. The predicted octanol–water partition coefficient (Wildman–Crippen LogP) is 0.00620. The Bertz CT molecular complexity index is 2700. The molecule has 1 fully saturated rings. The van der Waals surface area contributed by atoms with Gasteiger partial charge in [-0.25, -0.2) is 13.6 Å². The second-order valence-corrected chi connectivity index (χ2v) is 20.9. The van der Waals surface area contributed by atoms with Crippen LogP contribution < -0.4 is 37.6 Å². The van der Waals surface area contributed by atoms with Crippen molar-refractivity contribution in [2.24, 2.45) is 10.7 Å². The van der Waals surface area contributed by atoms with Crippen LogP contribution >= 0.6 is 0 Å². The molecule has 29 heteroatoms. The van der Waals surface area contributed by atoms with E-state index >= 15 is 0 Å². The smallest absolute Gasteiger partial charge is 0.321 e. The van der Waals surface area contributed by atoms with Crippen LogP contribution in [0.25, 0.3) is 0 Å². The number of fused-ring (bicyclic) bond motifs is 1. The van der Waals surface area contributed by atoms with Gasteiger partial charge >= 0.3 is 23.9 Å². The summed E-state index contributed by atoms with van der Waals surface area (Å²) in [5, 5.41) is 53.8. The number of aromatic hydroxyl groups is 1. The third kappa shape index (κ3) is 26.3. The molecule has 87 heavy (non-hydrogen) atoms. The van der Waals surface area contributed by atoms with Crippen molar-refractivity contribution in [2.45, 2.75) is 70.7 Å². The van der Waals surface area contributed by atoms with Crippen LogP contribution in [0.4, 0.5) is 13.6 Å². The van der Waals surface area contributed by atoms with Gasteiger partial charge in [0, 0.05) is 129 Å². The molecule has 0 bridgehead atoms. The van der Waals surface area contributed by atoms with Crippen molar-refractivity contribution in [1.29, 1.82) is 0 Å². The number of aryl methyl sites for hydroxylation is 1. The summed E-state index contributed by atoms with van der Waals surface area (Å²) in [4.78, 5) is 113. The van der Waals surface area contributed by atoms with Crippen LogP contribution in [0.5, 0.6) is 5.75 Å². The number of amides is 6. The van der Waals surface area contributed by atoms with Crippen molar-refractivity contribution in [3.8, 4) is 5.75 Å². The Morgan fingerprint density at radius 3 is 1.69 bits per heavy atom. The van der Waals surface area contributed by atoms with Gasteiger partial charge < -0.3 is 62.2 Å². The number of carboxylic acids is 3. The molecule has 3 aromatic rings. The highest BCUT2D eigenvalue weighted by molar-refractivity contribution is 5.95. The number of ether oxygens (including phenoxy) is 2. The molecular formula is C58H83F2N13O14. The number of urea groups is 1. The molecule has 2 aliphatic rings. The van der Waals surface area contributed by atoms with Gasteiger partial charge in [-0.05, 0) is 47.9 Å². The van der Waals surface area contributed by atoms with E-state index in [4.69, 9.17) is 15.2 Å². The second kappa shape index (κ2) is 37.6. The molecule has 5 rings (SSSR count). The minimum absolute atomic E-state index is 0.00162. The Morgan fingerprint density at radius 2 is 1.15 bits per heavy atom. The quantitative estimate of drug-likeness (QED) is 0.0217. The number of hydrogen-bond donors (Lipinski definition) is 11. The molecule has 27 nitrogen and oxygen atoms in total. The largest absolute Gasteiger partial charge is 0.508 e. The van der Waals surface area contributed by atoms with E-state index in [1.165, 1.54) is 0 Å². The Labute approximate surface area is 503 Å². The monoisotopic (exact) mass is 1220 g/mol. The average molecular weight is 1220 g/mol. The second-order valence-electron chi connectivity index (χ2n) is 20.9. The number of hydrogen-bond acceptors (Lipinski definition) is 17. The number of carbonyl (C=O) groups excluding carboxylic acids is 5. The van der Waals surface area contributed by atoms with Crippen LogP contribution in [0.2, 0.25) is 0 Å². The number of benzene rings is 3. The number of nitrogens with two attached hydrogens (primary N) is 1. The number of guanidine groups is 1. The van der Waals surface area contributed by atoms with E-state index in [0.29, 0.717) is 64.2 Å². The molecule has 1 saturated heterocycles. The molecule has 2 atom stereocenters. The maximum absolute atomic E-state index is 14.7. The summed E-state index contributed by atoms with van der Waals surface area (Å²) >= 11 is 0. The standard InChI is InChI=1S/C58H83F2N13O14/c1-2-49(75)62-16-17-65-58(85)68-57(61)64-15-5-10-48(55(83)66-33-45-46(59)31-44(74)32-47(45)60)67-56(84)54(73-34-42-8-3-4-9-43(42)35-73)41-13-11-40(12-14-41)7-6-27-86-29-30-87-28-18-63-50(76)36-69-19-21-70(37-51(77)78)23-25-72(39-53(81)82)26-24-71(22-20-69)38-52(79)80/h3-4,8-9,11-14,31-32,48,54,74H,2,5-7,10,15-30,33-39H2,1H3,(H,62,75)(H,63,76)(H,66,83)(H,67,84)(H,77,78)(H,79,80)(H,81,82)(H4,61,64,65,68,85)/t48-,54+/m1/s1. The topological polar surface area (TPSA) is 363 Å². The number of rotatable bonds is 33. The van der Waals surface area contributed by atoms with E-state index in [9.17, 15) is 67.6 Å². The van der Waals surface area contributed by atoms with Gasteiger partial charge in [0.25, 0.3) is 0 Å². The number of nitrogens with one attached hydrogen (secondary N) is 6. The van der Waals surface area contributed by atoms with Crippen molar-refractivity contribution in [1.82, 2.24) is 56.4 Å². The Balaban J connectivity index is 1.11. The van der Waals surface area contributed by atoms with Crippen molar-refractivity contribution < 1.29 is 77.0 Å². The van der Waals surface area contributed by atoms with Crippen molar-refractivity contribution in [3.05, 3.63) is 100 Å². The van der Waals surface area contributed by atoms with E-state index in [0.717, 1.165) is 28.8 Å². The van der Waals surface area contributed by atoms with Crippen LogP contribution in [-0.4, -0.2) is 236 Å². The van der Waals surface area contributed by atoms with E-state index < -0.39 is 77.3 Å². The normalized spacial score (nSPS) is 15.6. The lowest BCUT2D eigenvalue weighted by atomic mass is 10.00. The fourth-order valence-electron chi connectivity index (χ4n) is 9.72. The molecule has 0 unspecified atom stereocenters. The van der Waals surface area contributed by atoms with E-state index in [1.807, 2.05) is 58.3 Å². The van der Waals surface area contributed by atoms with Crippen molar-refractivity contribution >= 4 is 53.5 Å². The first-order valence-electron chi connectivity index (χ1n) is 29.0. The first kappa shape index (κ1) is 69.8. The predicted molar refractivity (Wildman–Crippen MR) is 314 cm³/mol. The average Bonchev–Trinajstić information content (AvgIpc) is 1.87. The number of aliphatic imine (C=N–C) groups is 1. The maximum Gasteiger partial charge on any atom is 0.321 e. The van der Waals surface area contributed by atoms with Crippen LogP contribution in [0.15, 0.2) is 65.7 Å². The number of carboxylic acid groups (broad SMARTS) is 3. The number of nitrogens with zero attached hydrogens (tertiary/aromatic N) is 6. The number of halogens is 2. The van der Waals surface area contributed by atoms with E-state index in [-0.39, 0.29) is 135 Å². The summed E-state index contributed by atoms with van der Waals surface area (Å²) < 4.78 is 40.9. The van der Waals surface area contributed by atoms with E-state index in [2.05, 4.69) is 36.9 Å². The van der Waals surface area contributed by atoms with Gasteiger partial charge in [-0.2, -0.15) is 0 Å². The summed E-state index contributed by atoms with van der Waals surface area (Å²) in [7, 11) is 0. The van der Waals surface area contributed by atoms with Crippen molar-refractivity contribution in [3.63, 3.8) is 0 Å². The molecule has 0 saturated carbocycles. The molecule has 478 valence electrons. The lowest BCUT2D eigenvalue weighted by Gasteiger charge is -2.32. The SMILES string of the molecule is CCC(=O)NCCNC(=O)NC(N)=NCCC[C@@H](NC(=O)[C@H](c1ccc(CCCOCCOCCNC(=O)CN2CCN(CC(=O)O)CCN(CC(=O)O)CCN(CC(=O)O)CC2)cc1)N1Cc2ccccc2C1)C(=O)NCc1c(F)cc(O)cc1F.